The zero-order chi connectivity index (χ0) is 20.0. The summed E-state index contributed by atoms with van der Waals surface area (Å²) in [6.07, 6.45) is -3.78. The summed E-state index contributed by atoms with van der Waals surface area (Å²) in [5.41, 5.74) is 0.101. The van der Waals surface area contributed by atoms with E-state index in [2.05, 4.69) is 20.4 Å². The fourth-order valence-corrected chi connectivity index (χ4v) is 2.42. The zero-order valence-electron chi connectivity index (χ0n) is 16.2. The number of rotatable bonds is 6. The molecule has 10 heteroatoms. The Balaban J connectivity index is 0.00000392. The Labute approximate surface area is 179 Å². The van der Waals surface area contributed by atoms with Crippen molar-refractivity contribution in [1.82, 2.24) is 20.4 Å². The molecule has 0 spiro atoms. The molecule has 1 aromatic carbocycles. The van der Waals surface area contributed by atoms with E-state index < -0.39 is 11.7 Å². The Bertz CT molecular complexity index is 759. The van der Waals surface area contributed by atoms with Crippen LogP contribution in [0, 0.1) is 0 Å². The second-order valence-corrected chi connectivity index (χ2v) is 6.48. The number of nitrogens with one attached hydrogen (secondary N) is 1. The Hall–Kier alpha value is -1.85. The first kappa shape index (κ1) is 24.2. The molecule has 0 radical (unpaired) electrons. The minimum Gasteiger partial charge on any atom is -0.356 e. The van der Waals surface area contributed by atoms with Crippen LogP contribution in [0.4, 0.5) is 13.2 Å². The van der Waals surface area contributed by atoms with Crippen molar-refractivity contribution < 1.29 is 17.7 Å². The van der Waals surface area contributed by atoms with Crippen LogP contribution in [-0.2, 0) is 19.1 Å². The van der Waals surface area contributed by atoms with Gasteiger partial charge >= 0.3 is 6.18 Å². The van der Waals surface area contributed by atoms with E-state index >= 15 is 0 Å². The van der Waals surface area contributed by atoms with Gasteiger partial charge in [0.15, 0.2) is 11.8 Å². The van der Waals surface area contributed by atoms with Crippen molar-refractivity contribution in [2.75, 3.05) is 20.6 Å². The normalized spacial score (nSPS) is 12.1. The lowest BCUT2D eigenvalue weighted by Gasteiger charge is -2.22. The van der Waals surface area contributed by atoms with Gasteiger partial charge in [-0.1, -0.05) is 31.1 Å². The van der Waals surface area contributed by atoms with Crippen LogP contribution >= 0.6 is 24.0 Å². The number of hydrogen-bond donors (Lipinski definition) is 1. The first-order chi connectivity index (χ1) is 12.7. The van der Waals surface area contributed by atoms with Crippen LogP contribution in [0.2, 0.25) is 0 Å². The number of benzene rings is 1. The number of hydrogen-bond acceptors (Lipinski definition) is 4. The minimum atomic E-state index is -4.33. The Morgan fingerprint density at radius 1 is 1.25 bits per heavy atom. The Kier molecular flexibility index (Phi) is 9.18. The number of aliphatic imine (C=N–C) groups is 1. The van der Waals surface area contributed by atoms with Crippen molar-refractivity contribution in [3.05, 3.63) is 47.1 Å². The molecule has 0 aliphatic rings. The van der Waals surface area contributed by atoms with Gasteiger partial charge in [0, 0.05) is 39.5 Å². The SMILES string of the molecule is CN=C(NCCc1nc(C(C)C)no1)N(C)Cc1ccc(C(F)(F)F)cc1.I. The lowest BCUT2D eigenvalue weighted by molar-refractivity contribution is -0.137. The van der Waals surface area contributed by atoms with Crippen LogP contribution in [0.5, 0.6) is 0 Å². The highest BCUT2D eigenvalue weighted by molar-refractivity contribution is 14.0. The second-order valence-electron chi connectivity index (χ2n) is 6.48. The molecular weight excluding hydrogens is 486 g/mol. The first-order valence-electron chi connectivity index (χ1n) is 8.61. The molecule has 0 atom stereocenters. The van der Waals surface area contributed by atoms with Crippen LogP contribution in [0.1, 0.15) is 42.6 Å². The van der Waals surface area contributed by atoms with Gasteiger partial charge in [0.1, 0.15) is 0 Å². The van der Waals surface area contributed by atoms with E-state index in [4.69, 9.17) is 4.52 Å². The van der Waals surface area contributed by atoms with Crippen molar-refractivity contribution >= 4 is 29.9 Å². The topological polar surface area (TPSA) is 66.5 Å². The molecule has 1 aromatic heterocycles. The van der Waals surface area contributed by atoms with Gasteiger partial charge in [0.05, 0.1) is 5.56 Å². The summed E-state index contributed by atoms with van der Waals surface area (Å²) < 4.78 is 43.1. The number of aromatic nitrogens is 2. The average Bonchev–Trinajstić information content (AvgIpc) is 3.07. The van der Waals surface area contributed by atoms with E-state index in [0.29, 0.717) is 37.2 Å². The van der Waals surface area contributed by atoms with E-state index in [9.17, 15) is 13.2 Å². The van der Waals surface area contributed by atoms with E-state index in [-0.39, 0.29) is 29.9 Å². The van der Waals surface area contributed by atoms with Crippen molar-refractivity contribution in [1.29, 1.82) is 0 Å². The molecular formula is C18H25F3IN5O. The van der Waals surface area contributed by atoms with E-state index in [1.807, 2.05) is 25.8 Å². The standard InChI is InChI=1S/C18H24F3N5O.HI/c1-12(2)16-24-15(27-25-16)9-10-23-17(22-3)26(4)11-13-5-7-14(8-6-13)18(19,20)21;/h5-8,12H,9-11H2,1-4H3,(H,22,23);1H. The summed E-state index contributed by atoms with van der Waals surface area (Å²) in [5.74, 6) is 2.05. The third-order valence-electron chi connectivity index (χ3n) is 3.90. The lowest BCUT2D eigenvalue weighted by atomic mass is 10.1. The van der Waals surface area contributed by atoms with E-state index in [1.165, 1.54) is 12.1 Å². The average molecular weight is 511 g/mol. The van der Waals surface area contributed by atoms with Gasteiger partial charge in [-0.05, 0) is 17.7 Å². The zero-order valence-corrected chi connectivity index (χ0v) is 18.6. The molecule has 0 amide bonds. The quantitative estimate of drug-likeness (QED) is 0.360. The van der Waals surface area contributed by atoms with Gasteiger partial charge in [0.2, 0.25) is 5.89 Å². The maximum Gasteiger partial charge on any atom is 0.416 e. The van der Waals surface area contributed by atoms with Crippen molar-refractivity contribution in [3.8, 4) is 0 Å². The van der Waals surface area contributed by atoms with Crippen molar-refractivity contribution in [3.63, 3.8) is 0 Å². The van der Waals surface area contributed by atoms with Crippen LogP contribution in [0.3, 0.4) is 0 Å². The summed E-state index contributed by atoms with van der Waals surface area (Å²) in [7, 11) is 3.46. The van der Waals surface area contributed by atoms with Gasteiger partial charge < -0.3 is 14.7 Å². The summed E-state index contributed by atoms with van der Waals surface area (Å²) in [6, 6.07) is 5.11. The van der Waals surface area contributed by atoms with Crippen LogP contribution in [0.15, 0.2) is 33.8 Å². The molecule has 6 nitrogen and oxygen atoms in total. The van der Waals surface area contributed by atoms with Gasteiger partial charge in [0.25, 0.3) is 0 Å². The van der Waals surface area contributed by atoms with Gasteiger partial charge in [-0.2, -0.15) is 18.2 Å². The molecule has 28 heavy (non-hydrogen) atoms. The van der Waals surface area contributed by atoms with Gasteiger partial charge in [-0.3, -0.25) is 4.99 Å². The third kappa shape index (κ3) is 6.95. The molecule has 0 saturated heterocycles. The fraction of sp³-hybridized carbons (Fsp3) is 0.500. The molecule has 0 aliphatic carbocycles. The van der Waals surface area contributed by atoms with Crippen LogP contribution < -0.4 is 5.32 Å². The molecule has 0 aliphatic heterocycles. The monoisotopic (exact) mass is 511 g/mol. The van der Waals surface area contributed by atoms with Gasteiger partial charge in [-0.25, -0.2) is 0 Å². The molecule has 1 heterocycles. The molecule has 0 unspecified atom stereocenters. The highest BCUT2D eigenvalue weighted by Crippen LogP contribution is 2.29. The van der Waals surface area contributed by atoms with Crippen molar-refractivity contribution in [2.24, 2.45) is 4.99 Å². The maximum atomic E-state index is 12.6. The number of guanidine groups is 1. The molecule has 2 aromatic rings. The highest BCUT2D eigenvalue weighted by Gasteiger charge is 2.29. The lowest BCUT2D eigenvalue weighted by Crippen LogP contribution is -2.39. The smallest absolute Gasteiger partial charge is 0.356 e. The molecule has 156 valence electrons. The predicted octanol–water partition coefficient (Wildman–Crippen LogP) is 4.08. The predicted molar refractivity (Wildman–Crippen MR) is 112 cm³/mol. The molecule has 0 saturated carbocycles. The maximum absolute atomic E-state index is 12.6. The summed E-state index contributed by atoms with van der Waals surface area (Å²) in [6.45, 7) is 4.95. The van der Waals surface area contributed by atoms with E-state index in [1.54, 1.807) is 7.05 Å². The second kappa shape index (κ2) is 10.6. The van der Waals surface area contributed by atoms with Crippen LogP contribution in [-0.4, -0.2) is 41.6 Å². The molecule has 1 N–H and O–H groups in total. The molecule has 2 rings (SSSR count). The van der Waals surface area contributed by atoms with Crippen molar-refractivity contribution in [2.45, 2.75) is 38.9 Å². The first-order valence-corrected chi connectivity index (χ1v) is 8.61. The third-order valence-corrected chi connectivity index (χ3v) is 3.90. The Morgan fingerprint density at radius 2 is 1.89 bits per heavy atom. The summed E-state index contributed by atoms with van der Waals surface area (Å²) in [4.78, 5) is 10.3. The number of nitrogens with zero attached hydrogens (tertiary/aromatic N) is 4. The summed E-state index contributed by atoms with van der Waals surface area (Å²) in [5, 5.41) is 7.09. The molecule has 0 bridgehead atoms. The fourth-order valence-electron chi connectivity index (χ4n) is 2.42. The number of alkyl halides is 3. The molecule has 0 fully saturated rings. The largest absolute Gasteiger partial charge is 0.416 e. The highest BCUT2D eigenvalue weighted by atomic mass is 127. The van der Waals surface area contributed by atoms with Crippen LogP contribution in [0.25, 0.3) is 0 Å². The van der Waals surface area contributed by atoms with E-state index in [0.717, 1.165) is 17.7 Å². The van der Waals surface area contributed by atoms with Gasteiger partial charge in [-0.15, -0.1) is 24.0 Å². The minimum absolute atomic E-state index is 0. The Morgan fingerprint density at radius 3 is 2.39 bits per heavy atom. The summed E-state index contributed by atoms with van der Waals surface area (Å²) >= 11 is 0. The number of halogens is 4.